The topological polar surface area (TPSA) is 46.2 Å². The third-order valence-corrected chi connectivity index (χ3v) is 4.52. The number of amides is 1. The van der Waals surface area contributed by atoms with E-state index in [9.17, 15) is 9.59 Å². The molecule has 0 radical (unpaired) electrons. The zero-order chi connectivity index (χ0) is 16.9. The van der Waals surface area contributed by atoms with E-state index in [1.54, 1.807) is 42.5 Å². The van der Waals surface area contributed by atoms with Gasteiger partial charge < -0.3 is 5.32 Å². The fourth-order valence-corrected chi connectivity index (χ4v) is 3.00. The minimum atomic E-state index is -0.228. The van der Waals surface area contributed by atoms with Gasteiger partial charge in [0.25, 0.3) is 5.91 Å². The molecule has 0 bridgehead atoms. The van der Waals surface area contributed by atoms with Crippen molar-refractivity contribution < 1.29 is 9.59 Å². The molecule has 3 aromatic carbocycles. The van der Waals surface area contributed by atoms with E-state index in [4.69, 9.17) is 0 Å². The summed E-state index contributed by atoms with van der Waals surface area (Å²) in [5, 5.41) is 2.85. The molecule has 3 nitrogen and oxygen atoms in total. The first-order valence-electron chi connectivity index (χ1n) is 7.41. The number of carbonyl (C=O) groups excluding carboxylic acids is 2. The number of benzene rings is 3. The zero-order valence-electron chi connectivity index (χ0n) is 12.7. The summed E-state index contributed by atoms with van der Waals surface area (Å²) in [6, 6.07) is 23.4. The minimum absolute atomic E-state index is 0.116. The van der Waals surface area contributed by atoms with Gasteiger partial charge in [-0.2, -0.15) is 0 Å². The molecule has 0 atom stereocenters. The summed E-state index contributed by atoms with van der Waals surface area (Å²) in [7, 11) is 0. The molecule has 24 heavy (non-hydrogen) atoms. The predicted molar refractivity (Wildman–Crippen MR) is 103 cm³/mol. The minimum Gasteiger partial charge on any atom is -0.321 e. The van der Waals surface area contributed by atoms with E-state index in [1.807, 2.05) is 36.4 Å². The second-order valence-corrected chi connectivity index (χ2v) is 6.34. The lowest BCUT2D eigenvalue weighted by Gasteiger charge is -2.11. The number of anilines is 1. The highest BCUT2D eigenvalue weighted by Gasteiger charge is 2.16. The van der Waals surface area contributed by atoms with Gasteiger partial charge >= 0.3 is 0 Å². The molecule has 0 aliphatic rings. The Balaban J connectivity index is 1.92. The highest BCUT2D eigenvalue weighted by Crippen LogP contribution is 2.21. The van der Waals surface area contributed by atoms with Crippen LogP contribution < -0.4 is 5.32 Å². The van der Waals surface area contributed by atoms with Crippen LogP contribution in [0.4, 0.5) is 5.69 Å². The Morgan fingerprint density at radius 3 is 2.00 bits per heavy atom. The van der Waals surface area contributed by atoms with Gasteiger partial charge in [0, 0.05) is 14.7 Å². The van der Waals surface area contributed by atoms with Crippen LogP contribution in [0.3, 0.4) is 0 Å². The predicted octanol–water partition coefficient (Wildman–Crippen LogP) is 4.77. The summed E-state index contributed by atoms with van der Waals surface area (Å²) in [4.78, 5) is 25.2. The molecule has 0 aliphatic carbocycles. The standard InChI is InChI=1S/C20H14INO2/c21-17-12-6-4-10-15(17)20(24)22-18-13-7-5-11-16(18)19(23)14-8-2-1-3-9-14/h1-13H,(H,22,24). The van der Waals surface area contributed by atoms with Gasteiger partial charge in [0.15, 0.2) is 5.78 Å². The largest absolute Gasteiger partial charge is 0.321 e. The molecule has 0 fully saturated rings. The van der Waals surface area contributed by atoms with E-state index < -0.39 is 0 Å². The number of nitrogens with one attached hydrogen (secondary N) is 1. The van der Waals surface area contributed by atoms with Crippen LogP contribution in [0, 0.1) is 3.57 Å². The average molecular weight is 427 g/mol. The first-order valence-corrected chi connectivity index (χ1v) is 8.49. The van der Waals surface area contributed by atoms with Crippen molar-refractivity contribution in [2.24, 2.45) is 0 Å². The van der Waals surface area contributed by atoms with Gasteiger partial charge in [-0.15, -0.1) is 0 Å². The van der Waals surface area contributed by atoms with Crippen molar-refractivity contribution in [1.82, 2.24) is 0 Å². The molecule has 1 N–H and O–H groups in total. The van der Waals surface area contributed by atoms with Crippen molar-refractivity contribution in [3.63, 3.8) is 0 Å². The van der Waals surface area contributed by atoms with Crippen LogP contribution in [0.25, 0.3) is 0 Å². The summed E-state index contributed by atoms with van der Waals surface area (Å²) < 4.78 is 0.861. The Kier molecular flexibility index (Phi) is 5.05. The van der Waals surface area contributed by atoms with Crippen molar-refractivity contribution in [2.75, 3.05) is 5.32 Å². The third kappa shape index (κ3) is 3.54. The summed E-state index contributed by atoms with van der Waals surface area (Å²) in [5.41, 5.74) is 2.16. The molecule has 1 amide bonds. The van der Waals surface area contributed by atoms with E-state index in [0.29, 0.717) is 22.4 Å². The van der Waals surface area contributed by atoms with Gasteiger partial charge in [-0.25, -0.2) is 0 Å². The quantitative estimate of drug-likeness (QED) is 0.482. The lowest BCUT2D eigenvalue weighted by molar-refractivity contribution is 0.102. The van der Waals surface area contributed by atoms with E-state index in [1.165, 1.54) is 0 Å². The molecule has 0 spiro atoms. The lowest BCUT2D eigenvalue weighted by atomic mass is 10.0. The molecule has 0 aliphatic heterocycles. The SMILES string of the molecule is O=C(Nc1ccccc1C(=O)c1ccccc1)c1ccccc1I. The normalized spacial score (nSPS) is 10.2. The monoisotopic (exact) mass is 427 g/mol. The van der Waals surface area contributed by atoms with Crippen molar-refractivity contribution in [3.05, 3.63) is 99.1 Å². The summed E-state index contributed by atoms with van der Waals surface area (Å²) in [6.45, 7) is 0. The summed E-state index contributed by atoms with van der Waals surface area (Å²) in [6.07, 6.45) is 0. The second kappa shape index (κ2) is 7.40. The molecule has 4 heteroatoms. The number of ketones is 1. The van der Waals surface area contributed by atoms with Crippen LogP contribution in [0.1, 0.15) is 26.3 Å². The van der Waals surface area contributed by atoms with Crippen LogP contribution in [0.15, 0.2) is 78.9 Å². The van der Waals surface area contributed by atoms with Gasteiger partial charge in [0.2, 0.25) is 0 Å². The number of hydrogen-bond acceptors (Lipinski definition) is 2. The van der Waals surface area contributed by atoms with Crippen LogP contribution in [0.2, 0.25) is 0 Å². The fourth-order valence-electron chi connectivity index (χ4n) is 2.37. The first kappa shape index (κ1) is 16.4. The number of hydrogen-bond donors (Lipinski definition) is 1. The van der Waals surface area contributed by atoms with E-state index in [-0.39, 0.29) is 11.7 Å². The van der Waals surface area contributed by atoms with Gasteiger partial charge in [-0.05, 0) is 46.9 Å². The van der Waals surface area contributed by atoms with E-state index in [2.05, 4.69) is 27.9 Å². The Hall–Kier alpha value is -2.47. The van der Waals surface area contributed by atoms with Crippen molar-refractivity contribution in [1.29, 1.82) is 0 Å². The average Bonchev–Trinajstić information content (AvgIpc) is 2.62. The first-order chi connectivity index (χ1) is 11.7. The maximum absolute atomic E-state index is 12.7. The van der Waals surface area contributed by atoms with Gasteiger partial charge in [0.05, 0.1) is 11.3 Å². The molecule has 0 aromatic heterocycles. The van der Waals surface area contributed by atoms with Crippen molar-refractivity contribution in [3.8, 4) is 0 Å². The molecule has 3 rings (SSSR count). The molecular weight excluding hydrogens is 413 g/mol. The fraction of sp³-hybridized carbons (Fsp3) is 0. The van der Waals surface area contributed by atoms with Crippen LogP contribution in [-0.2, 0) is 0 Å². The Labute approximate surface area is 153 Å². The summed E-state index contributed by atoms with van der Waals surface area (Å²) in [5.74, 6) is -0.345. The Bertz CT molecular complexity index is 891. The van der Waals surface area contributed by atoms with Gasteiger partial charge in [-0.3, -0.25) is 9.59 Å². The summed E-state index contributed by atoms with van der Waals surface area (Å²) >= 11 is 2.12. The molecule has 118 valence electrons. The molecule has 0 heterocycles. The highest BCUT2D eigenvalue weighted by atomic mass is 127. The molecule has 0 unspecified atom stereocenters. The second-order valence-electron chi connectivity index (χ2n) is 5.17. The Morgan fingerprint density at radius 2 is 1.29 bits per heavy atom. The lowest BCUT2D eigenvalue weighted by Crippen LogP contribution is -2.16. The highest BCUT2D eigenvalue weighted by molar-refractivity contribution is 14.1. The van der Waals surface area contributed by atoms with E-state index in [0.717, 1.165) is 3.57 Å². The van der Waals surface area contributed by atoms with Crippen molar-refractivity contribution in [2.45, 2.75) is 0 Å². The zero-order valence-corrected chi connectivity index (χ0v) is 14.9. The van der Waals surface area contributed by atoms with Crippen LogP contribution >= 0.6 is 22.6 Å². The van der Waals surface area contributed by atoms with Crippen LogP contribution in [0.5, 0.6) is 0 Å². The van der Waals surface area contributed by atoms with Gasteiger partial charge in [0.1, 0.15) is 0 Å². The smallest absolute Gasteiger partial charge is 0.256 e. The Morgan fingerprint density at radius 1 is 0.708 bits per heavy atom. The molecule has 0 saturated heterocycles. The number of halogens is 1. The molecule has 3 aromatic rings. The van der Waals surface area contributed by atoms with Crippen LogP contribution in [-0.4, -0.2) is 11.7 Å². The number of para-hydroxylation sites is 1. The van der Waals surface area contributed by atoms with Crippen molar-refractivity contribution >= 4 is 40.0 Å². The maximum Gasteiger partial charge on any atom is 0.256 e. The molecular formula is C20H14INO2. The van der Waals surface area contributed by atoms with E-state index >= 15 is 0 Å². The third-order valence-electron chi connectivity index (χ3n) is 3.57. The number of carbonyl (C=O) groups is 2. The number of rotatable bonds is 4. The molecule has 0 saturated carbocycles. The van der Waals surface area contributed by atoms with Gasteiger partial charge in [-0.1, -0.05) is 54.6 Å². The maximum atomic E-state index is 12.7.